The lowest BCUT2D eigenvalue weighted by atomic mass is 10.2. The van der Waals surface area contributed by atoms with E-state index in [4.69, 9.17) is 5.11 Å². The van der Waals surface area contributed by atoms with Crippen LogP contribution in [0, 0.1) is 0 Å². The predicted molar refractivity (Wildman–Crippen MR) is 50.8 cm³/mol. The summed E-state index contributed by atoms with van der Waals surface area (Å²) in [5.74, 6) is 0.484. The van der Waals surface area contributed by atoms with Gasteiger partial charge in [-0.15, -0.1) is 0 Å². The van der Waals surface area contributed by atoms with Gasteiger partial charge < -0.3 is 5.11 Å². The molecule has 14 heavy (non-hydrogen) atoms. The van der Waals surface area contributed by atoms with Gasteiger partial charge in [-0.2, -0.15) is 5.10 Å². The topological polar surface area (TPSA) is 72.2 Å². The van der Waals surface area contributed by atoms with Gasteiger partial charge in [0.1, 0.15) is 0 Å². The van der Waals surface area contributed by atoms with Gasteiger partial charge >= 0.3 is 0 Å². The number of nitrogens with zero attached hydrogens (tertiary/aromatic N) is 2. The first-order valence-corrected chi connectivity index (χ1v) is 6.32. The lowest BCUT2D eigenvalue weighted by molar-refractivity contribution is 0.429. The van der Waals surface area contributed by atoms with E-state index in [9.17, 15) is 8.42 Å². The molecule has 1 unspecified atom stereocenters. The average Bonchev–Trinajstić information content (AvgIpc) is 2.50. The van der Waals surface area contributed by atoms with Crippen molar-refractivity contribution >= 4 is 9.84 Å². The Labute approximate surface area is 82.3 Å². The van der Waals surface area contributed by atoms with Crippen LogP contribution in [0.25, 0.3) is 0 Å². The molecule has 1 saturated heterocycles. The number of hydrogen-bond acceptors (Lipinski definition) is 4. The van der Waals surface area contributed by atoms with Crippen LogP contribution in [0.2, 0.25) is 0 Å². The van der Waals surface area contributed by atoms with Crippen LogP contribution in [0.1, 0.15) is 18.9 Å². The molecule has 1 fully saturated rings. The van der Waals surface area contributed by atoms with Gasteiger partial charge in [0.2, 0.25) is 0 Å². The third-order valence-electron chi connectivity index (χ3n) is 2.40. The van der Waals surface area contributed by atoms with Crippen LogP contribution in [-0.2, 0) is 9.84 Å². The second kappa shape index (κ2) is 3.27. The molecule has 1 N–H and O–H groups in total. The Morgan fingerprint density at radius 2 is 2.36 bits per heavy atom. The summed E-state index contributed by atoms with van der Waals surface area (Å²) in [5, 5.41) is 13.0. The monoisotopic (exact) mass is 216 g/mol. The summed E-state index contributed by atoms with van der Waals surface area (Å²) in [6.45, 7) is 0. The van der Waals surface area contributed by atoms with Gasteiger partial charge in [-0.3, -0.25) is 4.68 Å². The van der Waals surface area contributed by atoms with Crippen LogP contribution in [0.15, 0.2) is 12.4 Å². The Morgan fingerprint density at radius 3 is 2.93 bits per heavy atom. The zero-order chi connectivity index (χ0) is 10.2. The summed E-state index contributed by atoms with van der Waals surface area (Å²) < 4.78 is 24.2. The second-order valence-corrected chi connectivity index (χ2v) is 5.82. The summed E-state index contributed by atoms with van der Waals surface area (Å²) in [6.07, 6.45) is 4.26. The normalized spacial score (nSPS) is 26.1. The van der Waals surface area contributed by atoms with Crippen molar-refractivity contribution in [3.05, 3.63) is 12.4 Å². The summed E-state index contributed by atoms with van der Waals surface area (Å²) in [6, 6.07) is -0.116. The minimum Gasteiger partial charge on any atom is -0.505 e. The molecule has 0 bridgehead atoms. The Hall–Kier alpha value is -1.04. The van der Waals surface area contributed by atoms with E-state index in [1.807, 2.05) is 0 Å². The molecule has 0 aliphatic carbocycles. The van der Waals surface area contributed by atoms with Gasteiger partial charge in [0.05, 0.1) is 29.9 Å². The van der Waals surface area contributed by atoms with Crippen molar-refractivity contribution in [1.82, 2.24) is 9.78 Å². The van der Waals surface area contributed by atoms with Crippen LogP contribution in [-0.4, -0.2) is 34.8 Å². The highest BCUT2D eigenvalue weighted by atomic mass is 32.2. The lowest BCUT2D eigenvalue weighted by Crippen LogP contribution is -2.27. The Balaban J connectivity index is 2.20. The zero-order valence-electron chi connectivity index (χ0n) is 7.63. The Morgan fingerprint density at radius 1 is 1.57 bits per heavy atom. The standard InChI is InChI=1S/C8H12N2O3S/c11-8-4-9-10(5-8)7-2-1-3-14(12,13)6-7/h4-5,7,11H,1-3,6H2. The molecule has 5 nitrogen and oxygen atoms in total. The van der Waals surface area contributed by atoms with E-state index in [0.717, 1.165) is 6.42 Å². The molecule has 1 aliphatic rings. The van der Waals surface area contributed by atoms with Crippen molar-refractivity contribution in [2.24, 2.45) is 0 Å². The van der Waals surface area contributed by atoms with E-state index in [1.165, 1.54) is 17.1 Å². The molecule has 6 heteroatoms. The number of sulfone groups is 1. The van der Waals surface area contributed by atoms with Gasteiger partial charge in [-0.25, -0.2) is 8.42 Å². The van der Waals surface area contributed by atoms with Crippen LogP contribution >= 0.6 is 0 Å². The van der Waals surface area contributed by atoms with Crippen LogP contribution in [0.4, 0.5) is 0 Å². The molecular weight excluding hydrogens is 204 g/mol. The highest BCUT2D eigenvalue weighted by Gasteiger charge is 2.26. The third kappa shape index (κ3) is 1.89. The van der Waals surface area contributed by atoms with Gasteiger partial charge in [0.25, 0.3) is 0 Å². The highest BCUT2D eigenvalue weighted by molar-refractivity contribution is 7.91. The van der Waals surface area contributed by atoms with Gasteiger partial charge in [0.15, 0.2) is 15.6 Å². The molecule has 78 valence electrons. The summed E-state index contributed by atoms with van der Waals surface area (Å²) in [5.41, 5.74) is 0. The van der Waals surface area contributed by atoms with Crippen molar-refractivity contribution in [3.8, 4) is 5.75 Å². The summed E-state index contributed by atoms with van der Waals surface area (Å²) in [4.78, 5) is 0. The highest BCUT2D eigenvalue weighted by Crippen LogP contribution is 2.23. The van der Waals surface area contributed by atoms with Crippen molar-refractivity contribution < 1.29 is 13.5 Å². The van der Waals surface area contributed by atoms with E-state index < -0.39 is 9.84 Å². The molecular formula is C8H12N2O3S. The summed E-state index contributed by atoms with van der Waals surface area (Å²) in [7, 11) is -2.91. The summed E-state index contributed by atoms with van der Waals surface area (Å²) >= 11 is 0. The molecule has 0 spiro atoms. The zero-order valence-corrected chi connectivity index (χ0v) is 8.44. The van der Waals surface area contributed by atoms with Crippen molar-refractivity contribution in [2.45, 2.75) is 18.9 Å². The third-order valence-corrected chi connectivity index (χ3v) is 4.20. The Kier molecular flexibility index (Phi) is 2.22. The van der Waals surface area contributed by atoms with E-state index in [1.54, 1.807) is 0 Å². The van der Waals surface area contributed by atoms with E-state index in [0.29, 0.717) is 6.42 Å². The average molecular weight is 216 g/mol. The SMILES string of the molecule is O=S1(=O)CCCC(n2cc(O)cn2)C1. The fraction of sp³-hybridized carbons (Fsp3) is 0.625. The van der Waals surface area contributed by atoms with Crippen LogP contribution in [0.5, 0.6) is 5.75 Å². The van der Waals surface area contributed by atoms with Gasteiger partial charge in [-0.1, -0.05) is 0 Å². The fourth-order valence-corrected chi connectivity index (χ4v) is 3.41. The molecule has 0 amide bonds. The first-order chi connectivity index (χ1) is 6.57. The second-order valence-electron chi connectivity index (χ2n) is 3.59. The van der Waals surface area contributed by atoms with Crippen molar-refractivity contribution in [1.29, 1.82) is 0 Å². The first kappa shape index (κ1) is 9.51. The molecule has 1 atom stereocenters. The van der Waals surface area contributed by atoms with Crippen molar-refractivity contribution in [3.63, 3.8) is 0 Å². The van der Waals surface area contributed by atoms with Crippen LogP contribution < -0.4 is 0 Å². The molecule has 1 aromatic heterocycles. The Bertz CT molecular complexity index is 424. The maximum Gasteiger partial charge on any atom is 0.153 e. The minimum absolute atomic E-state index is 0.0768. The number of hydrogen-bond donors (Lipinski definition) is 1. The fourth-order valence-electron chi connectivity index (χ4n) is 1.73. The molecule has 0 aromatic carbocycles. The minimum atomic E-state index is -2.91. The quantitative estimate of drug-likeness (QED) is 0.734. The predicted octanol–water partition coefficient (Wildman–Crippen LogP) is 0.338. The van der Waals surface area contributed by atoms with Gasteiger partial charge in [-0.05, 0) is 12.8 Å². The van der Waals surface area contributed by atoms with Crippen molar-refractivity contribution in [2.75, 3.05) is 11.5 Å². The first-order valence-electron chi connectivity index (χ1n) is 4.50. The molecule has 0 radical (unpaired) electrons. The smallest absolute Gasteiger partial charge is 0.153 e. The molecule has 1 aromatic rings. The number of rotatable bonds is 1. The number of aromatic hydroxyl groups is 1. The van der Waals surface area contributed by atoms with E-state index in [2.05, 4.69) is 5.10 Å². The van der Waals surface area contributed by atoms with E-state index >= 15 is 0 Å². The lowest BCUT2D eigenvalue weighted by Gasteiger charge is -2.21. The van der Waals surface area contributed by atoms with E-state index in [-0.39, 0.29) is 23.3 Å². The molecule has 2 rings (SSSR count). The maximum absolute atomic E-state index is 11.3. The largest absolute Gasteiger partial charge is 0.505 e. The van der Waals surface area contributed by atoms with Gasteiger partial charge in [0, 0.05) is 0 Å². The van der Waals surface area contributed by atoms with Crippen LogP contribution in [0.3, 0.4) is 0 Å². The molecule has 0 saturated carbocycles. The number of aromatic nitrogens is 2. The molecule has 2 heterocycles. The maximum atomic E-state index is 11.3. The molecule has 1 aliphatic heterocycles.